The summed E-state index contributed by atoms with van der Waals surface area (Å²) in [6.45, 7) is 14.7. The van der Waals surface area contributed by atoms with Gasteiger partial charge in [0, 0.05) is 41.6 Å². The molecular weight excluding hydrogens is 591 g/mol. The average molecular weight is 637 g/mol. The van der Waals surface area contributed by atoms with Crippen LogP contribution in [0.4, 0.5) is 21.6 Å². The number of aryl methyl sites for hydroxylation is 1. The van der Waals surface area contributed by atoms with E-state index in [9.17, 15) is 9.18 Å². The number of benzene rings is 1. The van der Waals surface area contributed by atoms with E-state index < -0.39 is 11.2 Å². The minimum absolute atomic E-state index is 0.135. The number of rotatable bonds is 6. The average Bonchev–Trinajstić information content (AvgIpc) is 3.68. The number of aromatic nitrogens is 4. The van der Waals surface area contributed by atoms with Gasteiger partial charge in [-0.1, -0.05) is 26.0 Å². The van der Waals surface area contributed by atoms with Gasteiger partial charge in [0.1, 0.15) is 5.52 Å². The Labute approximate surface area is 276 Å². The molecule has 3 aliphatic heterocycles. The second kappa shape index (κ2) is 11.1. The highest BCUT2D eigenvalue weighted by molar-refractivity contribution is 6.09. The lowest BCUT2D eigenvalue weighted by atomic mass is 9.74. The maximum absolute atomic E-state index is 14.9. The molecule has 4 aliphatic rings. The van der Waals surface area contributed by atoms with Crippen molar-refractivity contribution in [3.8, 4) is 11.3 Å². The van der Waals surface area contributed by atoms with Gasteiger partial charge >= 0.3 is 0 Å². The molecule has 8 rings (SSSR count). The maximum atomic E-state index is 14.9. The topological polar surface area (TPSA) is 91.2 Å². The van der Waals surface area contributed by atoms with Crippen LogP contribution in [0, 0.1) is 18.2 Å². The normalized spacial score (nSPS) is 23.6. The Morgan fingerprint density at radius 2 is 1.83 bits per heavy atom. The summed E-state index contributed by atoms with van der Waals surface area (Å²) in [4.78, 5) is 33.3. The van der Waals surface area contributed by atoms with E-state index in [1.54, 1.807) is 6.07 Å². The Hall–Kier alpha value is -3.89. The number of carbonyl (C=O) groups is 1. The Bertz CT molecular complexity index is 1870. The van der Waals surface area contributed by atoms with Gasteiger partial charge in [-0.2, -0.15) is 0 Å². The first-order valence-corrected chi connectivity index (χ1v) is 17.2. The molecule has 2 saturated heterocycles. The number of amides is 1. The van der Waals surface area contributed by atoms with Gasteiger partial charge in [-0.25, -0.2) is 14.4 Å². The molecule has 10 heteroatoms. The van der Waals surface area contributed by atoms with Crippen LogP contribution in [0.25, 0.3) is 22.3 Å². The molecule has 1 spiro atoms. The maximum Gasteiger partial charge on any atom is 0.238 e. The van der Waals surface area contributed by atoms with Crippen molar-refractivity contribution in [3.05, 3.63) is 59.9 Å². The third-order valence-corrected chi connectivity index (χ3v) is 11.2. The minimum Gasteiger partial charge on any atom is -0.336 e. The van der Waals surface area contributed by atoms with Gasteiger partial charge in [-0.05, 0) is 102 Å². The van der Waals surface area contributed by atoms with Gasteiger partial charge in [-0.15, -0.1) is 0 Å². The van der Waals surface area contributed by atoms with Crippen LogP contribution in [0.15, 0.2) is 42.9 Å². The molecule has 3 fully saturated rings. The number of imidazole rings is 1. The molecule has 6 heterocycles. The third kappa shape index (κ3) is 5.03. The second-order valence-corrected chi connectivity index (χ2v) is 15.3. The summed E-state index contributed by atoms with van der Waals surface area (Å²) in [5.41, 5.74) is 6.33. The van der Waals surface area contributed by atoms with Gasteiger partial charge in [0.2, 0.25) is 5.91 Å². The van der Waals surface area contributed by atoms with Gasteiger partial charge in [0.25, 0.3) is 0 Å². The molecular formula is C37H45FN8O. The van der Waals surface area contributed by atoms with Gasteiger partial charge in [0.05, 0.1) is 34.8 Å². The minimum atomic E-state index is -0.475. The zero-order chi connectivity index (χ0) is 32.7. The number of halogens is 1. The van der Waals surface area contributed by atoms with E-state index in [4.69, 9.17) is 9.97 Å². The van der Waals surface area contributed by atoms with E-state index in [1.165, 1.54) is 12.6 Å². The van der Waals surface area contributed by atoms with Crippen LogP contribution in [0.5, 0.6) is 0 Å². The van der Waals surface area contributed by atoms with Crippen molar-refractivity contribution in [1.82, 2.24) is 29.7 Å². The number of fused-ring (bicyclic) bond motifs is 3. The van der Waals surface area contributed by atoms with Crippen molar-refractivity contribution in [2.45, 2.75) is 90.3 Å². The SMILES string of the molecule is Cc1cc(Nc2nc(-c3ccc4c(c3)N([C@H]3C[C@@H](N5CCC(C)(C)C5)C3)C(=O)C43CCNCC3)cc3ncn(C(C)C)c23)c(F)cn1. The van der Waals surface area contributed by atoms with Gasteiger partial charge < -0.3 is 20.1 Å². The molecule has 1 aromatic carbocycles. The fraction of sp³-hybridized carbons (Fsp3) is 0.514. The summed E-state index contributed by atoms with van der Waals surface area (Å²) in [6, 6.07) is 11.0. The first-order valence-electron chi connectivity index (χ1n) is 17.2. The Balaban J connectivity index is 1.19. The summed E-state index contributed by atoms with van der Waals surface area (Å²) in [6.07, 6.45) is 7.94. The molecule has 0 radical (unpaired) electrons. The molecule has 3 aromatic heterocycles. The number of carbonyl (C=O) groups excluding carboxylic acids is 1. The fourth-order valence-corrected chi connectivity index (χ4v) is 8.44. The number of nitrogens with zero attached hydrogens (tertiary/aromatic N) is 6. The highest BCUT2D eigenvalue weighted by Crippen LogP contribution is 2.52. The van der Waals surface area contributed by atoms with Gasteiger partial charge in [0.15, 0.2) is 11.6 Å². The van der Waals surface area contributed by atoms with Crippen molar-refractivity contribution >= 4 is 34.1 Å². The standard InChI is InChI=1S/C37H45FN8O/c1-22(2)45-21-41-31-18-29(42-34(33(31)45)43-30-14-23(3)40-19-28(30)38)24-6-7-27-32(15-24)46(35(47)37(27)8-11-39-12-9-37)26-16-25(17-26)44-13-10-36(4,5)20-44/h6-7,14-15,18-19,21-22,25-26,39H,8-13,16-17,20H2,1-5H3,(H,40,42,43)/t25-,26+. The van der Waals surface area contributed by atoms with Crippen LogP contribution >= 0.6 is 0 Å². The van der Waals surface area contributed by atoms with E-state index in [0.29, 0.717) is 28.7 Å². The largest absolute Gasteiger partial charge is 0.336 e. The molecule has 246 valence electrons. The molecule has 1 aliphatic carbocycles. The molecule has 0 atom stereocenters. The number of likely N-dealkylation sites (tertiary alicyclic amines) is 1. The highest BCUT2D eigenvalue weighted by Gasteiger charge is 2.55. The van der Waals surface area contributed by atoms with E-state index >= 15 is 0 Å². The Kier molecular flexibility index (Phi) is 7.18. The third-order valence-electron chi connectivity index (χ3n) is 11.2. The molecule has 2 N–H and O–H groups in total. The van der Waals surface area contributed by atoms with Crippen molar-refractivity contribution in [1.29, 1.82) is 0 Å². The number of nitrogens with one attached hydrogen (secondary N) is 2. The van der Waals surface area contributed by atoms with Crippen molar-refractivity contribution in [2.24, 2.45) is 5.41 Å². The first-order chi connectivity index (χ1) is 22.5. The smallest absolute Gasteiger partial charge is 0.238 e. The lowest BCUT2D eigenvalue weighted by Crippen LogP contribution is -2.57. The van der Waals surface area contributed by atoms with Crippen LogP contribution in [-0.2, 0) is 10.2 Å². The Morgan fingerprint density at radius 1 is 1.04 bits per heavy atom. The van der Waals surface area contributed by atoms with Gasteiger partial charge in [-0.3, -0.25) is 14.7 Å². The van der Waals surface area contributed by atoms with E-state index in [1.807, 2.05) is 19.3 Å². The van der Waals surface area contributed by atoms with Crippen molar-refractivity contribution < 1.29 is 9.18 Å². The number of pyridine rings is 2. The first kappa shape index (κ1) is 30.4. The zero-order valence-corrected chi connectivity index (χ0v) is 28.1. The van der Waals surface area contributed by atoms with Crippen molar-refractivity contribution in [3.63, 3.8) is 0 Å². The van der Waals surface area contributed by atoms with Crippen molar-refractivity contribution in [2.75, 3.05) is 36.4 Å². The number of hydrogen-bond acceptors (Lipinski definition) is 7. The van der Waals surface area contributed by atoms with Crippen LogP contribution < -0.4 is 15.5 Å². The monoisotopic (exact) mass is 636 g/mol. The second-order valence-electron chi connectivity index (χ2n) is 15.3. The number of anilines is 3. The highest BCUT2D eigenvalue weighted by atomic mass is 19.1. The number of piperidine rings is 1. The summed E-state index contributed by atoms with van der Waals surface area (Å²) >= 11 is 0. The predicted molar refractivity (Wildman–Crippen MR) is 184 cm³/mol. The van der Waals surface area contributed by atoms with Crippen LogP contribution in [-0.4, -0.2) is 68.6 Å². The van der Waals surface area contributed by atoms with Crippen LogP contribution in [0.3, 0.4) is 0 Å². The number of hydrogen-bond donors (Lipinski definition) is 2. The molecule has 1 amide bonds. The van der Waals surface area contributed by atoms with E-state index in [2.05, 4.69) is 75.9 Å². The molecule has 0 bridgehead atoms. The fourth-order valence-electron chi connectivity index (χ4n) is 8.44. The van der Waals surface area contributed by atoms with Crippen LogP contribution in [0.2, 0.25) is 0 Å². The summed E-state index contributed by atoms with van der Waals surface area (Å²) in [5, 5.41) is 6.75. The molecule has 4 aromatic rings. The molecule has 9 nitrogen and oxygen atoms in total. The van der Waals surface area contributed by atoms with E-state index in [-0.39, 0.29) is 18.0 Å². The summed E-state index contributed by atoms with van der Waals surface area (Å²) in [5.74, 6) is 0.356. The van der Waals surface area contributed by atoms with Crippen LogP contribution in [0.1, 0.15) is 77.1 Å². The Morgan fingerprint density at radius 3 is 2.55 bits per heavy atom. The summed E-state index contributed by atoms with van der Waals surface area (Å²) in [7, 11) is 0. The zero-order valence-electron chi connectivity index (χ0n) is 28.1. The predicted octanol–water partition coefficient (Wildman–Crippen LogP) is 6.50. The lowest BCUT2D eigenvalue weighted by Gasteiger charge is -2.46. The molecule has 47 heavy (non-hydrogen) atoms. The quantitative estimate of drug-likeness (QED) is 0.250. The molecule has 0 unspecified atom stereocenters. The summed E-state index contributed by atoms with van der Waals surface area (Å²) < 4.78 is 17.0. The van der Waals surface area contributed by atoms with E-state index in [0.717, 1.165) is 85.4 Å². The molecule has 1 saturated carbocycles. The lowest BCUT2D eigenvalue weighted by molar-refractivity contribution is -0.125.